The zero-order valence-corrected chi connectivity index (χ0v) is 11.2. The fourth-order valence-electron chi connectivity index (χ4n) is 2.05. The summed E-state index contributed by atoms with van der Waals surface area (Å²) in [5.74, 6) is 0.0771. The second-order valence-electron chi connectivity index (χ2n) is 4.31. The standard InChI is InChI=1S/C14H11NO3S/c1-7-14(19-8(2)15-7)11-6-18-12-5-9(16)3-4-10(12)13(11)17/h3-6,16H,1-2H3. The Morgan fingerprint density at radius 3 is 2.79 bits per heavy atom. The van der Waals surface area contributed by atoms with Crippen molar-refractivity contribution < 1.29 is 9.52 Å². The Kier molecular flexibility index (Phi) is 2.64. The largest absolute Gasteiger partial charge is 0.508 e. The molecule has 3 rings (SSSR count). The predicted octanol–water partition coefficient (Wildman–Crippen LogP) is 3.24. The molecule has 0 aliphatic carbocycles. The summed E-state index contributed by atoms with van der Waals surface area (Å²) in [6, 6.07) is 4.49. The van der Waals surface area contributed by atoms with E-state index >= 15 is 0 Å². The highest BCUT2D eigenvalue weighted by atomic mass is 32.1. The molecule has 0 saturated heterocycles. The molecule has 0 fully saturated rings. The van der Waals surface area contributed by atoms with Gasteiger partial charge in [-0.05, 0) is 26.0 Å². The maximum atomic E-state index is 12.4. The number of hydrogen-bond donors (Lipinski definition) is 1. The molecule has 0 bridgehead atoms. The van der Waals surface area contributed by atoms with Crippen molar-refractivity contribution in [1.82, 2.24) is 4.98 Å². The molecule has 1 aromatic carbocycles. The molecule has 0 aliphatic heterocycles. The van der Waals surface area contributed by atoms with Crippen LogP contribution in [-0.2, 0) is 0 Å². The number of phenolic OH excluding ortho intramolecular Hbond substituents is 1. The van der Waals surface area contributed by atoms with Crippen molar-refractivity contribution in [2.45, 2.75) is 13.8 Å². The van der Waals surface area contributed by atoms with E-state index in [0.717, 1.165) is 15.6 Å². The number of aryl methyl sites for hydroxylation is 2. The van der Waals surface area contributed by atoms with E-state index in [4.69, 9.17) is 4.42 Å². The highest BCUT2D eigenvalue weighted by molar-refractivity contribution is 7.15. The van der Waals surface area contributed by atoms with Gasteiger partial charge in [0.15, 0.2) is 0 Å². The van der Waals surface area contributed by atoms with Crippen molar-refractivity contribution in [2.24, 2.45) is 0 Å². The van der Waals surface area contributed by atoms with E-state index in [2.05, 4.69) is 4.98 Å². The molecule has 0 spiro atoms. The molecule has 4 nitrogen and oxygen atoms in total. The normalized spacial score (nSPS) is 11.1. The van der Waals surface area contributed by atoms with Gasteiger partial charge in [0.2, 0.25) is 5.43 Å². The summed E-state index contributed by atoms with van der Waals surface area (Å²) in [4.78, 5) is 17.6. The minimum absolute atomic E-state index is 0.0771. The molecule has 5 heteroatoms. The number of benzene rings is 1. The van der Waals surface area contributed by atoms with E-state index in [9.17, 15) is 9.90 Å². The molecule has 0 amide bonds. The number of hydrogen-bond acceptors (Lipinski definition) is 5. The quantitative estimate of drug-likeness (QED) is 0.739. The van der Waals surface area contributed by atoms with E-state index in [-0.39, 0.29) is 11.2 Å². The third-order valence-electron chi connectivity index (χ3n) is 2.91. The molecule has 0 saturated carbocycles. The van der Waals surface area contributed by atoms with Gasteiger partial charge in [-0.2, -0.15) is 0 Å². The first-order valence-electron chi connectivity index (χ1n) is 5.75. The van der Waals surface area contributed by atoms with Crippen LogP contribution >= 0.6 is 11.3 Å². The Hall–Kier alpha value is -2.14. The lowest BCUT2D eigenvalue weighted by Crippen LogP contribution is -2.04. The fraction of sp³-hybridized carbons (Fsp3) is 0.143. The van der Waals surface area contributed by atoms with Gasteiger partial charge < -0.3 is 9.52 Å². The molecule has 96 valence electrons. The summed E-state index contributed by atoms with van der Waals surface area (Å²) in [7, 11) is 0. The zero-order chi connectivity index (χ0) is 13.6. The molecule has 19 heavy (non-hydrogen) atoms. The highest BCUT2D eigenvalue weighted by Crippen LogP contribution is 2.29. The Labute approximate surface area is 113 Å². The molecule has 2 heterocycles. The molecule has 1 N–H and O–H groups in total. The van der Waals surface area contributed by atoms with Gasteiger partial charge in [0.1, 0.15) is 17.6 Å². The van der Waals surface area contributed by atoms with Gasteiger partial charge in [0.25, 0.3) is 0 Å². The lowest BCUT2D eigenvalue weighted by Gasteiger charge is -2.01. The first kappa shape index (κ1) is 11.9. The van der Waals surface area contributed by atoms with E-state index in [1.807, 2.05) is 13.8 Å². The Morgan fingerprint density at radius 2 is 2.11 bits per heavy atom. The average molecular weight is 273 g/mol. The lowest BCUT2D eigenvalue weighted by atomic mass is 10.1. The van der Waals surface area contributed by atoms with Crippen molar-refractivity contribution in [3.63, 3.8) is 0 Å². The van der Waals surface area contributed by atoms with Gasteiger partial charge in [-0.3, -0.25) is 4.79 Å². The SMILES string of the molecule is Cc1nc(C)c(-c2coc3cc(O)ccc3c2=O)s1. The summed E-state index contributed by atoms with van der Waals surface area (Å²) >= 11 is 1.47. The Balaban J connectivity index is 2.32. The Bertz CT molecular complexity index is 832. The van der Waals surface area contributed by atoms with E-state index < -0.39 is 0 Å². The third kappa shape index (κ3) is 1.92. The highest BCUT2D eigenvalue weighted by Gasteiger charge is 2.14. The molecular formula is C14H11NO3S. The van der Waals surface area contributed by atoms with Crippen molar-refractivity contribution in [3.8, 4) is 16.2 Å². The van der Waals surface area contributed by atoms with Gasteiger partial charge in [0, 0.05) is 6.07 Å². The lowest BCUT2D eigenvalue weighted by molar-refractivity contribution is 0.474. The predicted molar refractivity (Wildman–Crippen MR) is 74.7 cm³/mol. The Morgan fingerprint density at radius 1 is 1.32 bits per heavy atom. The van der Waals surface area contributed by atoms with Crippen LogP contribution in [0, 0.1) is 13.8 Å². The van der Waals surface area contributed by atoms with E-state index in [1.54, 1.807) is 6.07 Å². The maximum Gasteiger partial charge on any atom is 0.201 e. The molecule has 0 unspecified atom stereocenters. The summed E-state index contributed by atoms with van der Waals surface area (Å²) < 4.78 is 5.44. The van der Waals surface area contributed by atoms with Crippen molar-refractivity contribution in [2.75, 3.05) is 0 Å². The smallest absolute Gasteiger partial charge is 0.201 e. The number of aromatic nitrogens is 1. The van der Waals surface area contributed by atoms with Crippen LogP contribution in [0.25, 0.3) is 21.4 Å². The van der Waals surface area contributed by atoms with Crippen LogP contribution < -0.4 is 5.43 Å². The zero-order valence-electron chi connectivity index (χ0n) is 10.4. The number of phenols is 1. The van der Waals surface area contributed by atoms with Crippen LogP contribution in [0.3, 0.4) is 0 Å². The minimum Gasteiger partial charge on any atom is -0.508 e. The van der Waals surface area contributed by atoms with Crippen LogP contribution in [0.2, 0.25) is 0 Å². The monoisotopic (exact) mass is 273 g/mol. The topological polar surface area (TPSA) is 63.3 Å². The molecule has 3 aromatic rings. The summed E-state index contributed by atoms with van der Waals surface area (Å²) in [6.45, 7) is 3.78. The summed E-state index contributed by atoms with van der Waals surface area (Å²) in [5, 5.41) is 10.8. The van der Waals surface area contributed by atoms with Crippen molar-refractivity contribution in [3.05, 3.63) is 45.4 Å². The number of fused-ring (bicyclic) bond motifs is 1. The van der Waals surface area contributed by atoms with Gasteiger partial charge >= 0.3 is 0 Å². The number of thiazole rings is 1. The van der Waals surface area contributed by atoms with Crippen molar-refractivity contribution >= 4 is 22.3 Å². The van der Waals surface area contributed by atoms with Gasteiger partial charge in [-0.25, -0.2) is 4.98 Å². The van der Waals surface area contributed by atoms with Crippen LogP contribution in [0.5, 0.6) is 5.75 Å². The first-order valence-corrected chi connectivity index (χ1v) is 6.57. The van der Waals surface area contributed by atoms with Crippen LogP contribution in [-0.4, -0.2) is 10.1 Å². The van der Waals surface area contributed by atoms with Crippen molar-refractivity contribution in [1.29, 1.82) is 0 Å². The molecular weight excluding hydrogens is 262 g/mol. The van der Waals surface area contributed by atoms with Gasteiger partial charge in [-0.15, -0.1) is 11.3 Å². The fourth-order valence-corrected chi connectivity index (χ4v) is 2.98. The second kappa shape index (κ2) is 4.20. The van der Waals surface area contributed by atoms with Crippen LogP contribution in [0.15, 0.2) is 33.7 Å². The average Bonchev–Trinajstić information content (AvgIpc) is 2.68. The van der Waals surface area contributed by atoms with E-state index in [1.165, 1.54) is 29.7 Å². The summed E-state index contributed by atoms with van der Waals surface area (Å²) in [5.41, 5.74) is 1.62. The molecule has 2 aromatic heterocycles. The second-order valence-corrected chi connectivity index (χ2v) is 5.51. The molecule has 0 aliphatic rings. The van der Waals surface area contributed by atoms with Gasteiger partial charge in [-0.1, -0.05) is 0 Å². The van der Waals surface area contributed by atoms with Crippen LogP contribution in [0.4, 0.5) is 0 Å². The number of rotatable bonds is 1. The molecule has 0 atom stereocenters. The molecule has 0 radical (unpaired) electrons. The third-order valence-corrected chi connectivity index (χ3v) is 4.01. The summed E-state index contributed by atoms with van der Waals surface area (Å²) in [6.07, 6.45) is 1.43. The van der Waals surface area contributed by atoms with Crippen LogP contribution in [0.1, 0.15) is 10.7 Å². The maximum absolute atomic E-state index is 12.4. The number of aromatic hydroxyl groups is 1. The van der Waals surface area contributed by atoms with Gasteiger partial charge in [0.05, 0.1) is 26.5 Å². The first-order chi connectivity index (χ1) is 9.06. The minimum atomic E-state index is -0.104. The van der Waals surface area contributed by atoms with E-state index in [0.29, 0.717) is 16.5 Å². The number of nitrogens with zero attached hydrogens (tertiary/aromatic N) is 1.